The standard InChI is InChI=1S/C11H13N2S/c1-9-8-14-11(13-9)7-12-6-10-4-2-3-5-10/h2-5,8,12H,6-7H2,1H3/q-1. The molecule has 3 heteroatoms. The molecule has 2 nitrogen and oxygen atoms in total. The molecule has 0 radical (unpaired) electrons. The number of nitrogens with one attached hydrogen (secondary N) is 1. The summed E-state index contributed by atoms with van der Waals surface area (Å²) in [4.78, 5) is 4.39. The Balaban J connectivity index is 1.78. The van der Waals surface area contributed by atoms with E-state index in [9.17, 15) is 0 Å². The Kier molecular flexibility index (Phi) is 3.01. The number of rotatable bonds is 4. The summed E-state index contributed by atoms with van der Waals surface area (Å²) in [6.07, 6.45) is 0. The molecule has 0 bridgehead atoms. The molecule has 0 saturated heterocycles. The zero-order valence-electron chi connectivity index (χ0n) is 8.16. The van der Waals surface area contributed by atoms with Gasteiger partial charge in [0.15, 0.2) is 0 Å². The molecule has 0 saturated carbocycles. The van der Waals surface area contributed by atoms with Gasteiger partial charge in [-0.25, -0.2) is 11.1 Å². The first-order valence-corrected chi connectivity index (χ1v) is 5.55. The van der Waals surface area contributed by atoms with E-state index in [1.807, 2.05) is 6.92 Å². The first-order valence-electron chi connectivity index (χ1n) is 4.67. The topological polar surface area (TPSA) is 24.9 Å². The maximum atomic E-state index is 4.39. The van der Waals surface area contributed by atoms with Crippen LogP contribution in [0.3, 0.4) is 0 Å². The van der Waals surface area contributed by atoms with Gasteiger partial charge in [0.05, 0.1) is 0 Å². The monoisotopic (exact) mass is 205 g/mol. The Labute approximate surface area is 88.0 Å². The summed E-state index contributed by atoms with van der Waals surface area (Å²) in [7, 11) is 0. The van der Waals surface area contributed by atoms with Crippen LogP contribution in [0.15, 0.2) is 29.6 Å². The Bertz CT molecular complexity index is 376. The van der Waals surface area contributed by atoms with Crippen LogP contribution in [0.5, 0.6) is 0 Å². The molecule has 0 atom stereocenters. The highest BCUT2D eigenvalue weighted by atomic mass is 32.1. The molecule has 1 aromatic heterocycles. The molecule has 0 aliphatic rings. The quantitative estimate of drug-likeness (QED) is 0.776. The molecule has 14 heavy (non-hydrogen) atoms. The third kappa shape index (κ3) is 2.47. The zero-order valence-corrected chi connectivity index (χ0v) is 8.97. The summed E-state index contributed by atoms with van der Waals surface area (Å²) in [5, 5.41) is 6.61. The summed E-state index contributed by atoms with van der Waals surface area (Å²) >= 11 is 1.71. The first kappa shape index (κ1) is 9.49. The predicted molar refractivity (Wildman–Crippen MR) is 59.4 cm³/mol. The summed E-state index contributed by atoms with van der Waals surface area (Å²) < 4.78 is 0. The van der Waals surface area contributed by atoms with Crippen molar-refractivity contribution >= 4 is 11.3 Å². The van der Waals surface area contributed by atoms with Crippen molar-refractivity contribution in [2.24, 2.45) is 0 Å². The second-order valence-corrected chi connectivity index (χ2v) is 4.22. The molecule has 1 heterocycles. The van der Waals surface area contributed by atoms with Crippen LogP contribution >= 0.6 is 11.3 Å². The molecule has 2 rings (SSSR count). The van der Waals surface area contributed by atoms with Gasteiger partial charge in [0.2, 0.25) is 0 Å². The molecule has 0 aliphatic heterocycles. The molecular formula is C11H13N2S-. The number of nitrogens with zero attached hydrogens (tertiary/aromatic N) is 1. The highest BCUT2D eigenvalue weighted by molar-refractivity contribution is 7.09. The van der Waals surface area contributed by atoms with Gasteiger partial charge in [0.25, 0.3) is 0 Å². The Morgan fingerprint density at radius 1 is 1.50 bits per heavy atom. The van der Waals surface area contributed by atoms with E-state index in [1.165, 1.54) is 5.56 Å². The SMILES string of the molecule is Cc1csc(CNCc2cc[cH-]c2)n1. The number of aryl methyl sites for hydroxylation is 1. The molecule has 74 valence electrons. The van der Waals surface area contributed by atoms with Crippen molar-refractivity contribution < 1.29 is 0 Å². The van der Waals surface area contributed by atoms with E-state index in [0.717, 1.165) is 23.8 Å². The largest absolute Gasteiger partial charge is 0.319 e. The van der Waals surface area contributed by atoms with Crippen molar-refractivity contribution in [3.63, 3.8) is 0 Å². The fourth-order valence-corrected chi connectivity index (χ4v) is 2.07. The molecule has 1 N–H and O–H groups in total. The summed E-state index contributed by atoms with van der Waals surface area (Å²) in [5.74, 6) is 0. The minimum atomic E-state index is 0.865. The van der Waals surface area contributed by atoms with Crippen LogP contribution in [0.4, 0.5) is 0 Å². The Morgan fingerprint density at radius 2 is 2.43 bits per heavy atom. The van der Waals surface area contributed by atoms with Crippen LogP contribution in [0.2, 0.25) is 0 Å². The predicted octanol–water partition coefficient (Wildman–Crippen LogP) is 2.46. The van der Waals surface area contributed by atoms with Gasteiger partial charge in [0, 0.05) is 17.6 Å². The van der Waals surface area contributed by atoms with Crippen molar-refractivity contribution in [3.05, 3.63) is 45.9 Å². The maximum Gasteiger partial charge on any atom is 0.107 e. The lowest BCUT2D eigenvalue weighted by Crippen LogP contribution is -2.11. The number of aromatic nitrogens is 1. The first-order chi connectivity index (χ1) is 6.84. The van der Waals surface area contributed by atoms with Gasteiger partial charge < -0.3 is 5.32 Å². The van der Waals surface area contributed by atoms with E-state index < -0.39 is 0 Å². The summed E-state index contributed by atoms with van der Waals surface area (Å²) in [6, 6.07) is 8.37. The molecule has 2 aromatic rings. The third-order valence-corrected chi connectivity index (χ3v) is 2.97. The molecule has 0 aliphatic carbocycles. The fraction of sp³-hybridized carbons (Fsp3) is 0.273. The van der Waals surface area contributed by atoms with Gasteiger partial charge in [-0.1, -0.05) is 0 Å². The van der Waals surface area contributed by atoms with Crippen molar-refractivity contribution in [2.45, 2.75) is 20.0 Å². The van der Waals surface area contributed by atoms with Gasteiger partial charge in [-0.15, -0.1) is 11.3 Å². The lowest BCUT2D eigenvalue weighted by atomic mass is 10.3. The number of hydrogen-bond acceptors (Lipinski definition) is 3. The molecule has 1 aromatic carbocycles. The van der Waals surface area contributed by atoms with Crippen LogP contribution in [0.1, 0.15) is 16.3 Å². The van der Waals surface area contributed by atoms with Gasteiger partial charge in [-0.05, 0) is 13.5 Å². The highest BCUT2D eigenvalue weighted by Gasteiger charge is 1.95. The van der Waals surface area contributed by atoms with Gasteiger partial charge in [0.1, 0.15) is 5.01 Å². The zero-order chi connectivity index (χ0) is 9.80. The van der Waals surface area contributed by atoms with Crippen LogP contribution in [0, 0.1) is 6.92 Å². The Hall–Kier alpha value is -1.06. The van der Waals surface area contributed by atoms with Crippen LogP contribution in [0.25, 0.3) is 0 Å². The number of hydrogen-bond donors (Lipinski definition) is 1. The molecular weight excluding hydrogens is 192 g/mol. The normalized spacial score (nSPS) is 10.6. The molecule has 0 fully saturated rings. The average molecular weight is 205 g/mol. The fourth-order valence-electron chi connectivity index (χ4n) is 1.33. The molecule has 0 spiro atoms. The van der Waals surface area contributed by atoms with E-state index in [1.54, 1.807) is 11.3 Å². The minimum absolute atomic E-state index is 0.865. The van der Waals surface area contributed by atoms with Gasteiger partial charge >= 0.3 is 0 Å². The van der Waals surface area contributed by atoms with Gasteiger partial charge in [-0.2, -0.15) is 23.8 Å². The lowest BCUT2D eigenvalue weighted by molar-refractivity contribution is 0.690. The summed E-state index contributed by atoms with van der Waals surface area (Å²) in [6.45, 7) is 3.81. The average Bonchev–Trinajstić information content (AvgIpc) is 2.77. The summed E-state index contributed by atoms with van der Waals surface area (Å²) in [5.41, 5.74) is 2.44. The van der Waals surface area contributed by atoms with E-state index >= 15 is 0 Å². The van der Waals surface area contributed by atoms with Crippen LogP contribution < -0.4 is 5.32 Å². The van der Waals surface area contributed by atoms with Crippen molar-refractivity contribution in [3.8, 4) is 0 Å². The van der Waals surface area contributed by atoms with Crippen molar-refractivity contribution in [2.75, 3.05) is 0 Å². The molecule has 0 unspecified atom stereocenters. The minimum Gasteiger partial charge on any atom is -0.319 e. The number of thiazole rings is 1. The van der Waals surface area contributed by atoms with Crippen molar-refractivity contribution in [1.82, 2.24) is 10.3 Å². The molecule has 0 amide bonds. The third-order valence-electron chi connectivity index (χ3n) is 2.00. The van der Waals surface area contributed by atoms with E-state index in [-0.39, 0.29) is 0 Å². The Morgan fingerprint density at radius 3 is 3.07 bits per heavy atom. The smallest absolute Gasteiger partial charge is 0.107 e. The van der Waals surface area contributed by atoms with E-state index in [2.05, 4.69) is 39.9 Å². The highest BCUT2D eigenvalue weighted by Crippen LogP contribution is 2.08. The maximum absolute atomic E-state index is 4.39. The second-order valence-electron chi connectivity index (χ2n) is 3.28. The van der Waals surface area contributed by atoms with Crippen LogP contribution in [-0.4, -0.2) is 4.98 Å². The van der Waals surface area contributed by atoms with E-state index in [0.29, 0.717) is 0 Å². The second kappa shape index (κ2) is 4.44. The lowest BCUT2D eigenvalue weighted by Gasteiger charge is -2.04. The van der Waals surface area contributed by atoms with E-state index in [4.69, 9.17) is 0 Å². The van der Waals surface area contributed by atoms with Crippen LogP contribution in [-0.2, 0) is 13.1 Å². The van der Waals surface area contributed by atoms with Gasteiger partial charge in [-0.3, -0.25) is 0 Å². The van der Waals surface area contributed by atoms with Crippen molar-refractivity contribution in [1.29, 1.82) is 0 Å².